The largest absolute Gasteiger partial charge is 0.379 e. The van der Waals surface area contributed by atoms with Crippen LogP contribution in [0.15, 0.2) is 24.5 Å². The zero-order valence-electron chi connectivity index (χ0n) is 9.87. The highest BCUT2D eigenvalue weighted by molar-refractivity contribution is 5.95. The van der Waals surface area contributed by atoms with Gasteiger partial charge in [0.05, 0.1) is 19.1 Å². The molecule has 1 saturated heterocycles. The van der Waals surface area contributed by atoms with Crippen molar-refractivity contribution < 1.29 is 9.53 Å². The SMILES string of the molecule is CCN(C(=O)C1COCC1N)c1ccncc1. The number of aromatic nitrogens is 1. The highest BCUT2D eigenvalue weighted by Gasteiger charge is 2.34. The molecule has 0 spiro atoms. The summed E-state index contributed by atoms with van der Waals surface area (Å²) in [6.07, 6.45) is 3.35. The summed E-state index contributed by atoms with van der Waals surface area (Å²) in [5.74, 6) is -0.202. The minimum atomic E-state index is -0.233. The second kappa shape index (κ2) is 5.25. The highest BCUT2D eigenvalue weighted by Crippen LogP contribution is 2.20. The monoisotopic (exact) mass is 235 g/mol. The van der Waals surface area contributed by atoms with Gasteiger partial charge in [-0.2, -0.15) is 0 Å². The first-order chi connectivity index (χ1) is 8.24. The number of nitrogens with zero attached hydrogens (tertiary/aromatic N) is 2. The predicted molar refractivity (Wildman–Crippen MR) is 64.5 cm³/mol. The third-order valence-corrected chi connectivity index (χ3v) is 3.00. The van der Waals surface area contributed by atoms with Gasteiger partial charge in [0.2, 0.25) is 5.91 Å². The van der Waals surface area contributed by atoms with E-state index in [-0.39, 0.29) is 17.9 Å². The number of nitrogens with two attached hydrogens (primary N) is 1. The molecule has 2 atom stereocenters. The van der Waals surface area contributed by atoms with Gasteiger partial charge in [0.25, 0.3) is 0 Å². The van der Waals surface area contributed by atoms with Gasteiger partial charge in [-0.05, 0) is 19.1 Å². The Morgan fingerprint density at radius 3 is 2.76 bits per heavy atom. The van der Waals surface area contributed by atoms with Crippen molar-refractivity contribution in [1.82, 2.24) is 4.98 Å². The van der Waals surface area contributed by atoms with Crippen LogP contribution in [0.5, 0.6) is 0 Å². The van der Waals surface area contributed by atoms with Crippen molar-refractivity contribution in [1.29, 1.82) is 0 Å². The summed E-state index contributed by atoms with van der Waals surface area (Å²) in [5, 5.41) is 0. The Labute approximate surface area is 101 Å². The summed E-state index contributed by atoms with van der Waals surface area (Å²) in [6.45, 7) is 3.44. The van der Waals surface area contributed by atoms with Crippen molar-refractivity contribution in [2.45, 2.75) is 13.0 Å². The topological polar surface area (TPSA) is 68.5 Å². The second-order valence-corrected chi connectivity index (χ2v) is 4.10. The molecule has 0 saturated carbocycles. The highest BCUT2D eigenvalue weighted by atomic mass is 16.5. The van der Waals surface area contributed by atoms with E-state index in [4.69, 9.17) is 10.5 Å². The molecule has 1 fully saturated rings. The molecule has 1 aliphatic heterocycles. The average molecular weight is 235 g/mol. The summed E-state index contributed by atoms with van der Waals surface area (Å²) in [7, 11) is 0. The lowest BCUT2D eigenvalue weighted by atomic mass is 10.0. The molecule has 5 heteroatoms. The fourth-order valence-electron chi connectivity index (χ4n) is 2.02. The van der Waals surface area contributed by atoms with E-state index in [1.165, 1.54) is 0 Å². The number of hydrogen-bond acceptors (Lipinski definition) is 4. The number of anilines is 1. The van der Waals surface area contributed by atoms with E-state index in [1.54, 1.807) is 17.3 Å². The van der Waals surface area contributed by atoms with Crippen molar-refractivity contribution in [2.24, 2.45) is 11.7 Å². The number of carbonyl (C=O) groups is 1. The Bertz CT molecular complexity index is 383. The number of carbonyl (C=O) groups excluding carboxylic acids is 1. The third-order valence-electron chi connectivity index (χ3n) is 3.00. The summed E-state index contributed by atoms with van der Waals surface area (Å²) in [4.78, 5) is 18.0. The molecule has 5 nitrogen and oxygen atoms in total. The van der Waals surface area contributed by atoms with Crippen molar-refractivity contribution in [3.63, 3.8) is 0 Å². The van der Waals surface area contributed by atoms with Crippen LogP contribution in [-0.2, 0) is 9.53 Å². The van der Waals surface area contributed by atoms with Gasteiger partial charge in [-0.3, -0.25) is 9.78 Å². The normalized spacial score (nSPS) is 23.6. The van der Waals surface area contributed by atoms with Gasteiger partial charge < -0.3 is 15.4 Å². The van der Waals surface area contributed by atoms with Crippen molar-refractivity contribution in [3.8, 4) is 0 Å². The Balaban J connectivity index is 2.16. The first-order valence-electron chi connectivity index (χ1n) is 5.78. The lowest BCUT2D eigenvalue weighted by Crippen LogP contribution is -2.43. The van der Waals surface area contributed by atoms with Crippen LogP contribution in [0.25, 0.3) is 0 Å². The van der Waals surface area contributed by atoms with E-state index < -0.39 is 0 Å². The van der Waals surface area contributed by atoms with Gasteiger partial charge in [0.15, 0.2) is 0 Å². The smallest absolute Gasteiger partial charge is 0.234 e. The maximum atomic E-state index is 12.3. The van der Waals surface area contributed by atoms with E-state index in [0.717, 1.165) is 5.69 Å². The number of pyridine rings is 1. The van der Waals surface area contributed by atoms with Crippen LogP contribution in [0, 0.1) is 5.92 Å². The zero-order chi connectivity index (χ0) is 12.3. The molecule has 2 rings (SSSR count). The Hall–Kier alpha value is -1.46. The summed E-state index contributed by atoms with van der Waals surface area (Å²) < 4.78 is 5.24. The van der Waals surface area contributed by atoms with E-state index in [9.17, 15) is 4.79 Å². The van der Waals surface area contributed by atoms with E-state index in [1.807, 2.05) is 19.1 Å². The van der Waals surface area contributed by atoms with Crippen molar-refractivity contribution in [2.75, 3.05) is 24.7 Å². The Morgan fingerprint density at radius 1 is 1.53 bits per heavy atom. The lowest BCUT2D eigenvalue weighted by molar-refractivity contribution is -0.122. The van der Waals surface area contributed by atoms with Gasteiger partial charge in [-0.1, -0.05) is 0 Å². The van der Waals surface area contributed by atoms with Crippen LogP contribution in [0.1, 0.15) is 6.92 Å². The van der Waals surface area contributed by atoms with Gasteiger partial charge in [0, 0.05) is 30.7 Å². The molecule has 2 heterocycles. The molecule has 0 bridgehead atoms. The number of ether oxygens (including phenoxy) is 1. The molecule has 1 aromatic rings. The molecule has 92 valence electrons. The number of amides is 1. The van der Waals surface area contributed by atoms with E-state index in [2.05, 4.69) is 4.98 Å². The van der Waals surface area contributed by atoms with Crippen LogP contribution in [-0.4, -0.2) is 36.7 Å². The maximum absolute atomic E-state index is 12.3. The fourth-order valence-corrected chi connectivity index (χ4v) is 2.02. The summed E-state index contributed by atoms with van der Waals surface area (Å²) in [6, 6.07) is 3.45. The third kappa shape index (κ3) is 2.45. The van der Waals surface area contributed by atoms with Gasteiger partial charge >= 0.3 is 0 Å². The number of rotatable bonds is 3. The standard InChI is InChI=1S/C12H17N3O2/c1-2-15(9-3-5-14-6-4-9)12(16)10-7-17-8-11(10)13/h3-6,10-11H,2,7-8,13H2,1H3. The molecular formula is C12H17N3O2. The molecule has 0 radical (unpaired) electrons. The predicted octanol–water partition coefficient (Wildman–Crippen LogP) is 0.408. The first kappa shape index (κ1) is 12.0. The lowest BCUT2D eigenvalue weighted by Gasteiger charge is -2.25. The Morgan fingerprint density at radius 2 is 2.24 bits per heavy atom. The number of hydrogen-bond donors (Lipinski definition) is 1. The molecule has 1 amide bonds. The van der Waals surface area contributed by atoms with Crippen LogP contribution in [0.3, 0.4) is 0 Å². The zero-order valence-corrected chi connectivity index (χ0v) is 9.87. The summed E-state index contributed by atoms with van der Waals surface area (Å²) >= 11 is 0. The van der Waals surface area contributed by atoms with E-state index >= 15 is 0 Å². The minimum absolute atomic E-state index is 0.0312. The molecule has 1 aliphatic rings. The maximum Gasteiger partial charge on any atom is 0.234 e. The van der Waals surface area contributed by atoms with Crippen LogP contribution in [0.2, 0.25) is 0 Å². The molecule has 17 heavy (non-hydrogen) atoms. The van der Waals surface area contributed by atoms with Crippen LogP contribution in [0.4, 0.5) is 5.69 Å². The average Bonchev–Trinajstić information content (AvgIpc) is 2.77. The van der Waals surface area contributed by atoms with E-state index in [0.29, 0.717) is 19.8 Å². The molecule has 2 N–H and O–H groups in total. The molecule has 2 unspecified atom stereocenters. The van der Waals surface area contributed by atoms with Gasteiger partial charge in [0.1, 0.15) is 0 Å². The van der Waals surface area contributed by atoms with Gasteiger partial charge in [-0.15, -0.1) is 0 Å². The molecular weight excluding hydrogens is 218 g/mol. The molecule has 0 aromatic carbocycles. The Kier molecular flexibility index (Phi) is 3.71. The van der Waals surface area contributed by atoms with Gasteiger partial charge in [-0.25, -0.2) is 0 Å². The van der Waals surface area contributed by atoms with Crippen molar-refractivity contribution in [3.05, 3.63) is 24.5 Å². The van der Waals surface area contributed by atoms with Crippen LogP contribution >= 0.6 is 0 Å². The summed E-state index contributed by atoms with van der Waals surface area (Å²) in [5.41, 5.74) is 6.72. The van der Waals surface area contributed by atoms with Crippen molar-refractivity contribution >= 4 is 11.6 Å². The quantitative estimate of drug-likeness (QED) is 0.823. The minimum Gasteiger partial charge on any atom is -0.379 e. The van der Waals surface area contributed by atoms with Crippen LogP contribution < -0.4 is 10.6 Å². The molecule has 0 aliphatic carbocycles. The second-order valence-electron chi connectivity index (χ2n) is 4.10. The first-order valence-corrected chi connectivity index (χ1v) is 5.78. The fraction of sp³-hybridized carbons (Fsp3) is 0.500. The molecule has 1 aromatic heterocycles.